The number of rotatable bonds is 2. The molecule has 0 aliphatic heterocycles. The van der Waals surface area contributed by atoms with E-state index < -0.39 is 5.97 Å². The topological polar surface area (TPSA) is 112 Å². The van der Waals surface area contributed by atoms with Gasteiger partial charge in [-0.2, -0.15) is 0 Å². The van der Waals surface area contributed by atoms with Crippen LogP contribution in [0.1, 0.15) is 41.5 Å². The van der Waals surface area contributed by atoms with Gasteiger partial charge in [0.2, 0.25) is 0 Å². The van der Waals surface area contributed by atoms with Crippen molar-refractivity contribution in [2.45, 2.75) is 20.8 Å². The van der Waals surface area contributed by atoms with Gasteiger partial charge in [0, 0.05) is 46.3 Å². The van der Waals surface area contributed by atoms with E-state index in [0.29, 0.717) is 15.6 Å². The molecule has 27 heavy (non-hydrogen) atoms. The Morgan fingerprint density at radius 3 is 1.48 bits per heavy atom. The lowest BCUT2D eigenvalue weighted by atomic mass is 10.1. The zero-order valence-electron chi connectivity index (χ0n) is 14.7. The summed E-state index contributed by atoms with van der Waals surface area (Å²) >= 11 is 8.61. The summed E-state index contributed by atoms with van der Waals surface area (Å²) in [5, 5.41) is 25.3. The minimum atomic E-state index is -0.833. The molecule has 2 aromatic carbocycles. The van der Waals surface area contributed by atoms with Crippen molar-refractivity contribution in [1.82, 2.24) is 0 Å². The van der Waals surface area contributed by atoms with Crippen molar-refractivity contribution < 1.29 is 29.7 Å². The van der Waals surface area contributed by atoms with Crippen LogP contribution in [0.15, 0.2) is 46.9 Å². The van der Waals surface area contributed by atoms with E-state index in [4.69, 9.17) is 20.1 Å². The molecule has 0 spiro atoms. The molecule has 0 aliphatic carbocycles. The summed E-state index contributed by atoms with van der Waals surface area (Å²) in [6.45, 7) is 4.06. The van der Waals surface area contributed by atoms with Crippen molar-refractivity contribution in [2.75, 3.05) is 0 Å². The summed E-state index contributed by atoms with van der Waals surface area (Å²) in [7, 11) is 0. The highest BCUT2D eigenvalue weighted by molar-refractivity contribution is 9.93. The number of phenols is 2. The molecule has 0 bridgehead atoms. The highest BCUT2D eigenvalue weighted by Crippen LogP contribution is 2.24. The van der Waals surface area contributed by atoms with Crippen molar-refractivity contribution in [3.05, 3.63) is 58.1 Å². The zero-order chi connectivity index (χ0) is 21.6. The maximum atomic E-state index is 10.8. The molecule has 6 nitrogen and oxygen atoms in total. The monoisotopic (exact) mass is 568 g/mol. The summed E-state index contributed by atoms with van der Waals surface area (Å²) in [4.78, 5) is 30.5. The summed E-state index contributed by atoms with van der Waals surface area (Å²) in [5.74, 6) is -0.495. The molecule has 0 atom stereocenters. The maximum Gasteiger partial charge on any atom is 0.300 e. The Kier molecular flexibility index (Phi) is 15.6. The Morgan fingerprint density at radius 2 is 1.15 bits per heavy atom. The van der Waals surface area contributed by atoms with Crippen molar-refractivity contribution >= 4 is 61.7 Å². The van der Waals surface area contributed by atoms with Crippen LogP contribution < -0.4 is 0 Å². The summed E-state index contributed by atoms with van der Waals surface area (Å²) < 4.78 is 0.546. The Balaban J connectivity index is 0. The molecular formula is C18H19Br3O6. The number of carbonyl (C=O) groups is 3. The van der Waals surface area contributed by atoms with E-state index >= 15 is 0 Å². The Bertz CT molecular complexity index is 741. The molecule has 0 unspecified atom stereocenters. The number of hydrogen-bond donors (Lipinski definition) is 3. The van der Waals surface area contributed by atoms with Crippen molar-refractivity contribution in [2.24, 2.45) is 0 Å². The van der Waals surface area contributed by atoms with Gasteiger partial charge < -0.3 is 15.3 Å². The fourth-order valence-corrected chi connectivity index (χ4v) is 1.80. The fraction of sp³-hybridized carbons (Fsp3) is 0.167. The molecule has 0 fully saturated rings. The number of benzene rings is 2. The Morgan fingerprint density at radius 1 is 0.778 bits per heavy atom. The van der Waals surface area contributed by atoms with Crippen LogP contribution in [-0.4, -0.2) is 32.9 Å². The standard InChI is InChI=1S/C8H7BrO2.C8H8O2.C2H4O2.Br2/c1-5(10)6-2-3-8(11)7(9)4-6;1-6(9)7-2-4-8(10)5-3-7;1-2(3)4;1-2/h2-4,11H,1H3;2-5,10H,1H3;1H3,(H,3,4);. The largest absolute Gasteiger partial charge is 0.508 e. The first kappa shape index (κ1) is 27.5. The molecule has 0 radical (unpaired) electrons. The predicted molar refractivity (Wildman–Crippen MR) is 115 cm³/mol. The number of carboxylic acid groups (broad SMARTS) is 1. The minimum Gasteiger partial charge on any atom is -0.508 e. The second-order valence-electron chi connectivity index (χ2n) is 4.84. The van der Waals surface area contributed by atoms with E-state index in [1.807, 2.05) is 0 Å². The van der Waals surface area contributed by atoms with E-state index in [1.54, 1.807) is 24.3 Å². The van der Waals surface area contributed by atoms with Crippen molar-refractivity contribution in [3.63, 3.8) is 0 Å². The van der Waals surface area contributed by atoms with Gasteiger partial charge in [0.25, 0.3) is 5.97 Å². The van der Waals surface area contributed by atoms with Crippen molar-refractivity contribution in [3.8, 4) is 11.5 Å². The molecule has 0 saturated heterocycles. The zero-order valence-corrected chi connectivity index (χ0v) is 19.5. The Labute approximate surface area is 181 Å². The molecule has 0 amide bonds. The number of ketones is 2. The van der Waals surface area contributed by atoms with Crippen LogP contribution in [0, 0.1) is 0 Å². The van der Waals surface area contributed by atoms with Crippen LogP contribution >= 0.6 is 44.2 Å². The molecule has 3 N–H and O–H groups in total. The van der Waals surface area contributed by atoms with E-state index in [2.05, 4.69) is 44.2 Å². The number of Topliss-reactive ketones (excluding diaryl/α,β-unsaturated/α-hetero) is 2. The second-order valence-corrected chi connectivity index (χ2v) is 5.70. The van der Waals surface area contributed by atoms with Gasteiger partial charge in [-0.3, -0.25) is 14.4 Å². The van der Waals surface area contributed by atoms with Crippen molar-refractivity contribution in [1.29, 1.82) is 0 Å². The smallest absolute Gasteiger partial charge is 0.300 e. The first-order valence-electron chi connectivity index (χ1n) is 7.17. The third-order valence-corrected chi connectivity index (χ3v) is 3.26. The van der Waals surface area contributed by atoms with Gasteiger partial charge in [-0.15, -0.1) is 0 Å². The number of carboxylic acids is 1. The van der Waals surface area contributed by atoms with Crippen LogP contribution in [0.4, 0.5) is 0 Å². The maximum absolute atomic E-state index is 10.8. The molecule has 0 aliphatic rings. The summed E-state index contributed by atoms with van der Waals surface area (Å²) in [6, 6.07) is 10.9. The van der Waals surface area contributed by atoms with Crippen LogP contribution in [0.5, 0.6) is 11.5 Å². The number of carbonyl (C=O) groups excluding carboxylic acids is 2. The van der Waals surface area contributed by atoms with E-state index in [0.717, 1.165) is 6.92 Å². The SMILES string of the molecule is BrBr.CC(=O)O.CC(=O)c1ccc(O)c(Br)c1.CC(=O)c1ccc(O)cc1. The van der Waals surface area contributed by atoms with Crippen LogP contribution in [0.3, 0.4) is 0 Å². The molecule has 0 saturated carbocycles. The number of phenolic OH excluding ortho intramolecular Hbond substituents is 2. The molecule has 148 valence electrons. The first-order chi connectivity index (χ1) is 12.5. The van der Waals surface area contributed by atoms with Gasteiger partial charge >= 0.3 is 0 Å². The van der Waals surface area contributed by atoms with Crippen LogP contribution in [0.25, 0.3) is 0 Å². The lowest BCUT2D eigenvalue weighted by molar-refractivity contribution is -0.134. The van der Waals surface area contributed by atoms with Crippen LogP contribution in [-0.2, 0) is 4.79 Å². The van der Waals surface area contributed by atoms with Gasteiger partial charge in [0.05, 0.1) is 4.47 Å². The van der Waals surface area contributed by atoms with E-state index in [9.17, 15) is 9.59 Å². The van der Waals surface area contributed by atoms with Gasteiger partial charge in [0.15, 0.2) is 11.6 Å². The molecule has 2 aromatic rings. The lowest BCUT2D eigenvalue weighted by Crippen LogP contribution is -1.90. The normalized spacial score (nSPS) is 8.52. The average molecular weight is 571 g/mol. The fourth-order valence-electron chi connectivity index (χ4n) is 1.42. The van der Waals surface area contributed by atoms with Gasteiger partial charge in [-0.25, -0.2) is 0 Å². The molecule has 0 heterocycles. The third kappa shape index (κ3) is 14.1. The molecule has 9 heteroatoms. The van der Waals surface area contributed by atoms with E-state index in [1.165, 1.54) is 32.0 Å². The van der Waals surface area contributed by atoms with Gasteiger partial charge in [0.1, 0.15) is 11.5 Å². The van der Waals surface area contributed by atoms with Crippen LogP contribution in [0.2, 0.25) is 0 Å². The molecular weight excluding hydrogens is 552 g/mol. The van der Waals surface area contributed by atoms with Gasteiger partial charge in [-0.1, -0.05) is 0 Å². The third-order valence-electron chi connectivity index (χ3n) is 2.63. The highest BCUT2D eigenvalue weighted by Gasteiger charge is 2.02. The van der Waals surface area contributed by atoms with Gasteiger partial charge in [-0.05, 0) is 72.2 Å². The number of hydrogen-bond acceptors (Lipinski definition) is 5. The highest BCUT2D eigenvalue weighted by atomic mass is 80.9. The number of aromatic hydroxyl groups is 2. The number of halogens is 3. The van der Waals surface area contributed by atoms with E-state index in [-0.39, 0.29) is 23.1 Å². The predicted octanol–water partition coefficient (Wildman–Crippen LogP) is 5.73. The second kappa shape index (κ2) is 15.4. The quantitative estimate of drug-likeness (QED) is 0.397. The number of aliphatic carboxylic acids is 1. The first-order valence-corrected chi connectivity index (χ1v) is 11.7. The summed E-state index contributed by atoms with van der Waals surface area (Å²) in [6.07, 6.45) is 0. The molecule has 2 rings (SSSR count). The summed E-state index contributed by atoms with van der Waals surface area (Å²) in [5.41, 5.74) is 1.22. The minimum absolute atomic E-state index is 0.00861. The molecule has 0 aromatic heterocycles. The lowest BCUT2D eigenvalue weighted by Gasteiger charge is -1.98. The average Bonchev–Trinajstić information content (AvgIpc) is 2.59. The Hall–Kier alpha value is -1.71.